The van der Waals surface area contributed by atoms with E-state index in [1.807, 2.05) is 25.1 Å². The number of hydrogen-bond donors (Lipinski definition) is 0. The molecule has 2 aromatic rings. The van der Waals surface area contributed by atoms with Crippen molar-refractivity contribution < 1.29 is 9.53 Å². The molecular weight excluding hydrogens is 302 g/mol. The van der Waals surface area contributed by atoms with Gasteiger partial charge in [-0.05, 0) is 50.7 Å². The van der Waals surface area contributed by atoms with Crippen LogP contribution in [0.5, 0.6) is 5.75 Å². The molecule has 1 aromatic heterocycles. The second-order valence-corrected chi connectivity index (χ2v) is 5.87. The van der Waals surface area contributed by atoms with Gasteiger partial charge in [0.2, 0.25) is 0 Å². The van der Waals surface area contributed by atoms with Gasteiger partial charge in [0.1, 0.15) is 5.52 Å². The Hall–Kier alpha value is -2.14. The Labute approximate surface area is 144 Å². The molecule has 0 saturated carbocycles. The molecule has 1 heterocycles. The molecule has 5 nitrogen and oxygen atoms in total. The Balaban J connectivity index is 2.46. The topological polar surface area (TPSA) is 45.7 Å². The zero-order chi connectivity index (χ0) is 17.7. The Kier molecular flexibility index (Phi) is 6.15. The normalized spacial score (nSPS) is 12.4. The Morgan fingerprint density at radius 3 is 2.54 bits per heavy atom. The molecule has 2 rings (SSSR count). The highest BCUT2D eigenvalue weighted by Gasteiger charge is 2.18. The van der Waals surface area contributed by atoms with Gasteiger partial charge in [-0.3, -0.25) is 9.88 Å². The van der Waals surface area contributed by atoms with Gasteiger partial charge < -0.3 is 9.64 Å². The molecule has 24 heavy (non-hydrogen) atoms. The third-order valence-corrected chi connectivity index (χ3v) is 4.52. The number of carbonyl (C=O) groups is 1. The summed E-state index contributed by atoms with van der Waals surface area (Å²) in [6.07, 6.45) is 1.36. The summed E-state index contributed by atoms with van der Waals surface area (Å²) in [5, 5.41) is 0.982. The van der Waals surface area contributed by atoms with Gasteiger partial charge in [0.15, 0.2) is 5.75 Å². The van der Waals surface area contributed by atoms with Crippen LogP contribution in [0.25, 0.3) is 10.9 Å². The van der Waals surface area contributed by atoms with Crippen LogP contribution in [0.1, 0.15) is 39.3 Å². The van der Waals surface area contributed by atoms with Gasteiger partial charge in [-0.2, -0.15) is 0 Å². The minimum absolute atomic E-state index is 0.242. The average Bonchev–Trinajstić information content (AvgIpc) is 2.61. The molecular formula is C19H27N3O2. The van der Waals surface area contributed by atoms with Gasteiger partial charge in [-0.15, -0.1) is 0 Å². The zero-order valence-corrected chi connectivity index (χ0v) is 15.2. The zero-order valence-electron chi connectivity index (χ0n) is 15.2. The van der Waals surface area contributed by atoms with Crippen LogP contribution in [-0.2, 0) is 0 Å². The summed E-state index contributed by atoms with van der Waals surface area (Å²) < 4.78 is 5.62. The molecule has 5 heteroatoms. The van der Waals surface area contributed by atoms with Crippen molar-refractivity contribution in [2.45, 2.75) is 33.7 Å². The molecule has 1 atom stereocenters. The molecule has 0 aliphatic rings. The lowest BCUT2D eigenvalue weighted by molar-refractivity contribution is 0.165. The number of hydrogen-bond acceptors (Lipinski definition) is 4. The fourth-order valence-corrected chi connectivity index (χ4v) is 2.78. The van der Waals surface area contributed by atoms with Gasteiger partial charge >= 0.3 is 6.09 Å². The number of fused-ring (bicyclic) bond motifs is 1. The quantitative estimate of drug-likeness (QED) is 0.801. The van der Waals surface area contributed by atoms with E-state index < -0.39 is 0 Å². The standard InChI is InChI=1S/C19H27N3O2/c1-6-21(5)19(23)24-17-13-16(14(4)22(7-2)8-3)12-15-10-9-11-20-18(15)17/h9-14H,6-8H2,1-5H3. The first-order chi connectivity index (χ1) is 11.5. The molecule has 130 valence electrons. The van der Waals surface area contributed by atoms with E-state index in [0.29, 0.717) is 17.8 Å². The van der Waals surface area contributed by atoms with E-state index in [-0.39, 0.29) is 12.1 Å². The summed E-state index contributed by atoms with van der Waals surface area (Å²) in [7, 11) is 1.72. The lowest BCUT2D eigenvalue weighted by atomic mass is 10.0. The maximum Gasteiger partial charge on any atom is 0.415 e. The molecule has 0 N–H and O–H groups in total. The first-order valence-electron chi connectivity index (χ1n) is 8.57. The van der Waals surface area contributed by atoms with Gasteiger partial charge in [0.25, 0.3) is 0 Å². The summed E-state index contributed by atoms with van der Waals surface area (Å²) >= 11 is 0. The molecule has 0 spiro atoms. The van der Waals surface area contributed by atoms with E-state index in [0.717, 1.165) is 24.0 Å². The van der Waals surface area contributed by atoms with E-state index in [2.05, 4.69) is 36.7 Å². The smallest absolute Gasteiger partial charge is 0.408 e. The second-order valence-electron chi connectivity index (χ2n) is 5.87. The molecule has 0 bridgehead atoms. The van der Waals surface area contributed by atoms with Crippen LogP contribution in [0.15, 0.2) is 30.5 Å². The highest BCUT2D eigenvalue weighted by Crippen LogP contribution is 2.31. The number of aromatic nitrogens is 1. The van der Waals surface area contributed by atoms with Gasteiger partial charge in [0, 0.05) is 31.2 Å². The molecule has 1 unspecified atom stereocenters. The maximum atomic E-state index is 12.2. The molecule has 0 aliphatic carbocycles. The Morgan fingerprint density at radius 2 is 1.92 bits per heavy atom. The van der Waals surface area contributed by atoms with Crippen LogP contribution in [0, 0.1) is 0 Å². The highest BCUT2D eigenvalue weighted by atomic mass is 16.6. The van der Waals surface area contributed by atoms with Crippen LogP contribution in [0.2, 0.25) is 0 Å². The number of rotatable bonds is 6. The number of benzene rings is 1. The summed E-state index contributed by atoms with van der Waals surface area (Å²) in [5.41, 5.74) is 1.84. The number of nitrogens with zero attached hydrogens (tertiary/aromatic N) is 3. The van der Waals surface area contributed by atoms with Gasteiger partial charge in [-0.1, -0.05) is 19.9 Å². The van der Waals surface area contributed by atoms with E-state index in [4.69, 9.17) is 4.74 Å². The molecule has 0 fully saturated rings. The largest absolute Gasteiger partial charge is 0.415 e. The lowest BCUT2D eigenvalue weighted by Gasteiger charge is -2.27. The van der Waals surface area contributed by atoms with Crippen LogP contribution < -0.4 is 4.74 Å². The molecule has 1 aromatic carbocycles. The van der Waals surface area contributed by atoms with E-state index in [9.17, 15) is 4.79 Å². The summed E-state index contributed by atoms with van der Waals surface area (Å²) in [5.74, 6) is 0.521. The van der Waals surface area contributed by atoms with Crippen molar-refractivity contribution in [3.8, 4) is 5.75 Å². The maximum absolute atomic E-state index is 12.2. The molecule has 0 saturated heterocycles. The minimum atomic E-state index is -0.364. The Morgan fingerprint density at radius 1 is 1.21 bits per heavy atom. The van der Waals surface area contributed by atoms with Gasteiger partial charge in [-0.25, -0.2) is 4.79 Å². The summed E-state index contributed by atoms with van der Waals surface area (Å²) in [6, 6.07) is 8.22. The van der Waals surface area contributed by atoms with Crippen molar-refractivity contribution in [2.75, 3.05) is 26.7 Å². The van der Waals surface area contributed by atoms with Crippen LogP contribution >= 0.6 is 0 Å². The molecule has 1 amide bonds. The minimum Gasteiger partial charge on any atom is -0.408 e. The SMILES string of the molecule is CCN(C)C(=O)Oc1cc(C(C)N(CC)CC)cc2cccnc12. The van der Waals surface area contributed by atoms with E-state index in [1.54, 1.807) is 13.2 Å². The number of ether oxygens (including phenoxy) is 1. The van der Waals surface area contributed by atoms with Crippen molar-refractivity contribution >= 4 is 17.0 Å². The van der Waals surface area contributed by atoms with Crippen molar-refractivity contribution in [3.63, 3.8) is 0 Å². The average molecular weight is 329 g/mol. The molecule has 0 radical (unpaired) electrons. The predicted molar refractivity (Wildman–Crippen MR) is 97.4 cm³/mol. The predicted octanol–water partition coefficient (Wildman–Crippen LogP) is 4.09. The first kappa shape index (κ1) is 18.2. The second kappa shape index (κ2) is 8.11. The van der Waals surface area contributed by atoms with Crippen LogP contribution in [0.4, 0.5) is 4.79 Å². The first-order valence-corrected chi connectivity index (χ1v) is 8.57. The van der Waals surface area contributed by atoms with Gasteiger partial charge in [0.05, 0.1) is 0 Å². The van der Waals surface area contributed by atoms with Crippen molar-refractivity contribution in [1.82, 2.24) is 14.8 Å². The highest BCUT2D eigenvalue weighted by molar-refractivity contribution is 5.87. The van der Waals surface area contributed by atoms with E-state index >= 15 is 0 Å². The summed E-state index contributed by atoms with van der Waals surface area (Å²) in [4.78, 5) is 20.5. The van der Waals surface area contributed by atoms with Crippen LogP contribution in [0.3, 0.4) is 0 Å². The van der Waals surface area contributed by atoms with Crippen molar-refractivity contribution in [1.29, 1.82) is 0 Å². The Bertz CT molecular complexity index is 698. The number of pyridine rings is 1. The lowest BCUT2D eigenvalue weighted by Crippen LogP contribution is -2.29. The van der Waals surface area contributed by atoms with E-state index in [1.165, 1.54) is 4.90 Å². The number of carbonyl (C=O) groups excluding carboxylic acids is 1. The third-order valence-electron chi connectivity index (χ3n) is 4.52. The monoisotopic (exact) mass is 329 g/mol. The van der Waals surface area contributed by atoms with Crippen LogP contribution in [-0.4, -0.2) is 47.6 Å². The fraction of sp³-hybridized carbons (Fsp3) is 0.474. The number of amides is 1. The van der Waals surface area contributed by atoms with Crippen molar-refractivity contribution in [3.05, 3.63) is 36.0 Å². The molecule has 0 aliphatic heterocycles. The third kappa shape index (κ3) is 3.85. The summed E-state index contributed by atoms with van der Waals surface area (Å²) in [6.45, 7) is 10.9. The fourth-order valence-electron chi connectivity index (χ4n) is 2.78. The van der Waals surface area contributed by atoms with Crippen molar-refractivity contribution in [2.24, 2.45) is 0 Å².